The van der Waals surface area contributed by atoms with E-state index in [9.17, 15) is 14.4 Å². The molecule has 0 saturated carbocycles. The lowest BCUT2D eigenvalue weighted by molar-refractivity contribution is -0.124. The lowest BCUT2D eigenvalue weighted by atomic mass is 10.2. The van der Waals surface area contributed by atoms with Crippen LogP contribution in [0.5, 0.6) is 0 Å². The Morgan fingerprint density at radius 2 is 1.37 bits per heavy atom. The predicted octanol–water partition coefficient (Wildman–Crippen LogP) is 1.11. The molecule has 0 aliphatic heterocycles. The summed E-state index contributed by atoms with van der Waals surface area (Å²) in [6, 6.07) is 6.10. The molecule has 19 heavy (non-hydrogen) atoms. The highest BCUT2D eigenvalue weighted by Gasteiger charge is 2.13. The number of rotatable bonds is 4. The van der Waals surface area contributed by atoms with Crippen molar-refractivity contribution < 1.29 is 14.4 Å². The van der Waals surface area contributed by atoms with E-state index >= 15 is 0 Å². The summed E-state index contributed by atoms with van der Waals surface area (Å²) in [7, 11) is 0. The second-order valence-electron chi connectivity index (χ2n) is 4.17. The van der Waals surface area contributed by atoms with Crippen molar-refractivity contribution in [2.75, 3.05) is 10.6 Å². The van der Waals surface area contributed by atoms with Gasteiger partial charge < -0.3 is 16.0 Å². The highest BCUT2D eigenvalue weighted by atomic mass is 16.2. The largest absolute Gasteiger partial charge is 0.345 e. The van der Waals surface area contributed by atoms with Gasteiger partial charge in [-0.05, 0) is 31.2 Å². The molecule has 1 aromatic rings. The molecule has 3 amide bonds. The van der Waals surface area contributed by atoms with Crippen molar-refractivity contribution in [3.05, 3.63) is 24.3 Å². The van der Waals surface area contributed by atoms with Crippen LogP contribution in [0, 0.1) is 0 Å². The monoisotopic (exact) mass is 263 g/mol. The molecular formula is C13H17N3O3. The summed E-state index contributed by atoms with van der Waals surface area (Å²) in [6.07, 6.45) is 0. The number of anilines is 2. The number of amides is 3. The molecule has 0 spiro atoms. The Morgan fingerprint density at radius 1 is 0.895 bits per heavy atom. The first kappa shape index (κ1) is 14.7. The number of carbonyl (C=O) groups is 3. The molecule has 0 fully saturated rings. The van der Waals surface area contributed by atoms with Gasteiger partial charge in [0.2, 0.25) is 17.7 Å². The summed E-state index contributed by atoms with van der Waals surface area (Å²) in [5.74, 6) is -0.720. The van der Waals surface area contributed by atoms with E-state index in [1.54, 1.807) is 31.2 Å². The van der Waals surface area contributed by atoms with Crippen molar-refractivity contribution in [2.24, 2.45) is 0 Å². The van der Waals surface area contributed by atoms with Crippen LogP contribution in [0.1, 0.15) is 20.8 Å². The first-order valence-corrected chi connectivity index (χ1v) is 5.84. The molecule has 1 atom stereocenters. The third kappa shape index (κ3) is 5.20. The topological polar surface area (TPSA) is 87.3 Å². The number of carbonyl (C=O) groups excluding carboxylic acids is 3. The average Bonchev–Trinajstić information content (AvgIpc) is 2.30. The lowest BCUT2D eigenvalue weighted by Gasteiger charge is -2.13. The number of benzene rings is 1. The van der Waals surface area contributed by atoms with Crippen LogP contribution in [0.15, 0.2) is 24.3 Å². The zero-order valence-corrected chi connectivity index (χ0v) is 11.1. The molecule has 0 aromatic heterocycles. The zero-order valence-electron chi connectivity index (χ0n) is 11.1. The molecule has 0 saturated heterocycles. The summed E-state index contributed by atoms with van der Waals surface area (Å²) in [5.41, 5.74) is 1.25. The van der Waals surface area contributed by atoms with Crippen LogP contribution in [0.4, 0.5) is 11.4 Å². The van der Waals surface area contributed by atoms with E-state index in [4.69, 9.17) is 0 Å². The number of hydrogen-bond donors (Lipinski definition) is 3. The van der Waals surface area contributed by atoms with Gasteiger partial charge >= 0.3 is 0 Å². The molecular weight excluding hydrogens is 246 g/mol. The standard InChI is InChI=1S/C13H17N3O3/c1-8(14-9(2)17)13(19)16-12-6-4-11(5-7-12)15-10(3)18/h4-8H,1-3H3,(H,14,17)(H,15,18)(H,16,19). The number of nitrogens with one attached hydrogen (secondary N) is 3. The third-order valence-corrected chi connectivity index (χ3v) is 2.29. The Balaban J connectivity index is 2.60. The maximum absolute atomic E-state index is 11.7. The molecule has 0 radical (unpaired) electrons. The van der Waals surface area contributed by atoms with Crippen LogP contribution < -0.4 is 16.0 Å². The molecule has 0 bridgehead atoms. The Kier molecular flexibility index (Phi) is 5.05. The summed E-state index contributed by atoms with van der Waals surface area (Å²) in [5, 5.41) is 7.78. The second kappa shape index (κ2) is 6.53. The van der Waals surface area contributed by atoms with Crippen molar-refractivity contribution >= 4 is 29.1 Å². The second-order valence-corrected chi connectivity index (χ2v) is 4.17. The van der Waals surface area contributed by atoms with E-state index in [0.717, 1.165) is 0 Å². The minimum Gasteiger partial charge on any atom is -0.345 e. The quantitative estimate of drug-likeness (QED) is 0.760. The van der Waals surface area contributed by atoms with Gasteiger partial charge in [0.1, 0.15) is 6.04 Å². The van der Waals surface area contributed by atoms with Crippen LogP contribution in [0.25, 0.3) is 0 Å². The van der Waals surface area contributed by atoms with Gasteiger partial charge in [-0.1, -0.05) is 0 Å². The molecule has 102 valence electrons. The summed E-state index contributed by atoms with van der Waals surface area (Å²) in [4.78, 5) is 33.4. The molecule has 0 aliphatic carbocycles. The predicted molar refractivity (Wildman–Crippen MR) is 72.7 cm³/mol. The van der Waals surface area contributed by atoms with Crippen LogP contribution in [-0.2, 0) is 14.4 Å². The van der Waals surface area contributed by atoms with Crippen LogP contribution in [-0.4, -0.2) is 23.8 Å². The maximum Gasteiger partial charge on any atom is 0.246 e. The van der Waals surface area contributed by atoms with E-state index in [2.05, 4.69) is 16.0 Å². The summed E-state index contributed by atoms with van der Waals surface area (Å²) < 4.78 is 0. The average molecular weight is 263 g/mol. The molecule has 0 heterocycles. The summed E-state index contributed by atoms with van der Waals surface area (Å²) in [6.45, 7) is 4.37. The molecule has 6 heteroatoms. The first-order valence-electron chi connectivity index (χ1n) is 5.84. The van der Waals surface area contributed by atoms with Crippen molar-refractivity contribution in [3.63, 3.8) is 0 Å². The summed E-state index contributed by atoms with van der Waals surface area (Å²) >= 11 is 0. The van der Waals surface area contributed by atoms with E-state index in [0.29, 0.717) is 11.4 Å². The van der Waals surface area contributed by atoms with Crippen LogP contribution in [0.3, 0.4) is 0 Å². The molecule has 1 unspecified atom stereocenters. The molecule has 0 aliphatic rings. The molecule has 1 rings (SSSR count). The van der Waals surface area contributed by atoms with Gasteiger partial charge in [-0.3, -0.25) is 14.4 Å². The van der Waals surface area contributed by atoms with Gasteiger partial charge in [-0.2, -0.15) is 0 Å². The normalized spacial score (nSPS) is 11.3. The van der Waals surface area contributed by atoms with Crippen LogP contribution in [0.2, 0.25) is 0 Å². The smallest absolute Gasteiger partial charge is 0.246 e. The Hall–Kier alpha value is -2.37. The highest BCUT2D eigenvalue weighted by molar-refractivity contribution is 5.97. The lowest BCUT2D eigenvalue weighted by Crippen LogP contribution is -2.40. The first-order chi connectivity index (χ1) is 8.88. The van der Waals surface area contributed by atoms with Crippen LogP contribution >= 0.6 is 0 Å². The van der Waals surface area contributed by atoms with E-state index < -0.39 is 6.04 Å². The van der Waals surface area contributed by atoms with Crippen molar-refractivity contribution in [3.8, 4) is 0 Å². The van der Waals surface area contributed by atoms with E-state index in [1.807, 2.05) is 0 Å². The van der Waals surface area contributed by atoms with Gasteiger partial charge in [0.15, 0.2) is 0 Å². The van der Waals surface area contributed by atoms with Gasteiger partial charge in [0.05, 0.1) is 0 Å². The Bertz CT molecular complexity index is 482. The fraction of sp³-hybridized carbons (Fsp3) is 0.308. The SMILES string of the molecule is CC(=O)Nc1ccc(NC(=O)C(C)NC(C)=O)cc1. The fourth-order valence-electron chi connectivity index (χ4n) is 1.46. The molecule has 1 aromatic carbocycles. The Morgan fingerprint density at radius 3 is 1.79 bits per heavy atom. The highest BCUT2D eigenvalue weighted by Crippen LogP contribution is 2.13. The maximum atomic E-state index is 11.7. The van der Waals surface area contributed by atoms with Gasteiger partial charge in [-0.25, -0.2) is 0 Å². The van der Waals surface area contributed by atoms with Gasteiger partial charge in [-0.15, -0.1) is 0 Å². The van der Waals surface area contributed by atoms with Gasteiger partial charge in [0, 0.05) is 25.2 Å². The van der Waals surface area contributed by atoms with Crippen molar-refractivity contribution in [1.29, 1.82) is 0 Å². The van der Waals surface area contributed by atoms with Crippen molar-refractivity contribution in [2.45, 2.75) is 26.8 Å². The fourth-order valence-corrected chi connectivity index (χ4v) is 1.46. The molecule has 6 nitrogen and oxygen atoms in total. The molecule has 3 N–H and O–H groups in total. The Labute approximate surface area is 111 Å². The minimum atomic E-state index is -0.604. The van der Waals surface area contributed by atoms with Crippen molar-refractivity contribution in [1.82, 2.24) is 5.32 Å². The van der Waals surface area contributed by atoms with Gasteiger partial charge in [0.25, 0.3) is 0 Å². The zero-order chi connectivity index (χ0) is 14.4. The number of hydrogen-bond acceptors (Lipinski definition) is 3. The minimum absolute atomic E-state index is 0.156. The van der Waals surface area contributed by atoms with E-state index in [-0.39, 0.29) is 17.7 Å². The third-order valence-electron chi connectivity index (χ3n) is 2.29. The van der Waals surface area contributed by atoms with E-state index in [1.165, 1.54) is 13.8 Å².